The Morgan fingerprint density at radius 2 is 2.00 bits per heavy atom. The van der Waals surface area contributed by atoms with Crippen molar-refractivity contribution in [1.82, 2.24) is 0 Å². The highest BCUT2D eigenvalue weighted by atomic mass is 35.5. The summed E-state index contributed by atoms with van der Waals surface area (Å²) in [7, 11) is 0. The van der Waals surface area contributed by atoms with E-state index in [0.717, 1.165) is 0 Å². The Hall–Kier alpha value is -3.06. The molecule has 2 N–H and O–H groups in total. The quantitative estimate of drug-likeness (QED) is 0.785. The van der Waals surface area contributed by atoms with Crippen LogP contribution in [0.1, 0.15) is 17.3 Å². The van der Waals surface area contributed by atoms with E-state index in [4.69, 9.17) is 21.1 Å². The number of hydrogen-bond acceptors (Lipinski definition) is 5. The van der Waals surface area contributed by atoms with Crippen molar-refractivity contribution in [1.29, 1.82) is 0 Å². The molecule has 3 rings (SSSR count). The summed E-state index contributed by atoms with van der Waals surface area (Å²) in [5.41, 5.74) is 1.36. The van der Waals surface area contributed by atoms with Crippen LogP contribution in [0.4, 0.5) is 11.4 Å². The number of amides is 2. The predicted octanol–water partition coefficient (Wildman–Crippen LogP) is 2.89. The van der Waals surface area contributed by atoms with Crippen LogP contribution < -0.4 is 20.1 Å². The van der Waals surface area contributed by atoms with Crippen LogP contribution >= 0.6 is 11.6 Å². The second kappa shape index (κ2) is 7.45. The minimum absolute atomic E-state index is 0.0465. The molecule has 7 nitrogen and oxygen atoms in total. The molecule has 0 radical (unpaired) electrons. The summed E-state index contributed by atoms with van der Waals surface area (Å²) in [6.45, 7) is 1.15. The molecule has 0 fully saturated rings. The molecule has 0 saturated carbocycles. The number of carbonyl (C=O) groups excluding carboxylic acids is 3. The van der Waals surface area contributed by atoms with E-state index in [-0.39, 0.29) is 29.9 Å². The van der Waals surface area contributed by atoms with Gasteiger partial charge in [0.2, 0.25) is 0 Å². The summed E-state index contributed by atoms with van der Waals surface area (Å²) in [6, 6.07) is 9.53. The summed E-state index contributed by atoms with van der Waals surface area (Å²) in [5, 5.41) is 5.52. The summed E-state index contributed by atoms with van der Waals surface area (Å²) >= 11 is 6.12. The lowest BCUT2D eigenvalue weighted by atomic mass is 10.1. The van der Waals surface area contributed by atoms with E-state index in [2.05, 4.69) is 10.6 Å². The van der Waals surface area contributed by atoms with Gasteiger partial charge in [0.15, 0.2) is 19.0 Å². The third kappa shape index (κ3) is 4.12. The maximum atomic E-state index is 12.1. The van der Waals surface area contributed by atoms with E-state index in [1.165, 1.54) is 19.1 Å². The number of ketones is 1. The molecule has 0 aliphatic carbocycles. The Morgan fingerprint density at radius 1 is 1.27 bits per heavy atom. The topological polar surface area (TPSA) is 93.7 Å². The van der Waals surface area contributed by atoms with Crippen molar-refractivity contribution >= 4 is 40.6 Å². The number of ether oxygens (including phenoxy) is 2. The predicted molar refractivity (Wildman–Crippen MR) is 96.1 cm³/mol. The van der Waals surface area contributed by atoms with Crippen molar-refractivity contribution in [2.45, 2.75) is 6.92 Å². The zero-order valence-electron chi connectivity index (χ0n) is 13.8. The molecule has 1 aliphatic heterocycles. The molecule has 0 saturated heterocycles. The van der Waals surface area contributed by atoms with Gasteiger partial charge in [0.05, 0.1) is 16.4 Å². The van der Waals surface area contributed by atoms with Crippen LogP contribution in [0.5, 0.6) is 11.5 Å². The maximum Gasteiger partial charge on any atom is 0.262 e. The van der Waals surface area contributed by atoms with E-state index in [1.54, 1.807) is 24.3 Å². The Balaban J connectivity index is 1.61. The normalized spacial score (nSPS) is 12.5. The number of fused-ring (bicyclic) bond motifs is 1. The largest absolute Gasteiger partial charge is 0.484 e. The van der Waals surface area contributed by atoms with Gasteiger partial charge in [0.1, 0.15) is 11.5 Å². The SMILES string of the molecule is CC(=O)c1ccc(OCC(=O)Nc2cc3c(cc2Cl)NC(=O)CO3)cc1. The van der Waals surface area contributed by atoms with E-state index in [0.29, 0.717) is 28.4 Å². The van der Waals surface area contributed by atoms with E-state index >= 15 is 0 Å². The molecular formula is C18H15ClN2O5. The van der Waals surface area contributed by atoms with Crippen molar-refractivity contribution in [3.05, 3.63) is 47.0 Å². The van der Waals surface area contributed by atoms with Gasteiger partial charge in [0.25, 0.3) is 11.8 Å². The van der Waals surface area contributed by atoms with Gasteiger partial charge >= 0.3 is 0 Å². The highest BCUT2D eigenvalue weighted by Crippen LogP contribution is 2.36. The third-order valence-electron chi connectivity index (χ3n) is 3.61. The minimum atomic E-state index is -0.415. The van der Waals surface area contributed by atoms with Crippen LogP contribution in [0.2, 0.25) is 5.02 Å². The van der Waals surface area contributed by atoms with Crippen LogP contribution in [-0.4, -0.2) is 30.8 Å². The van der Waals surface area contributed by atoms with Gasteiger partial charge in [-0.05, 0) is 37.3 Å². The number of benzene rings is 2. The molecule has 2 aromatic carbocycles. The smallest absolute Gasteiger partial charge is 0.262 e. The molecule has 8 heteroatoms. The monoisotopic (exact) mass is 374 g/mol. The number of nitrogens with one attached hydrogen (secondary N) is 2. The average molecular weight is 375 g/mol. The van der Waals surface area contributed by atoms with Crippen LogP contribution in [0.15, 0.2) is 36.4 Å². The van der Waals surface area contributed by atoms with Crippen LogP contribution in [0.25, 0.3) is 0 Å². The van der Waals surface area contributed by atoms with Gasteiger partial charge in [-0.15, -0.1) is 0 Å². The minimum Gasteiger partial charge on any atom is -0.484 e. The summed E-state index contributed by atoms with van der Waals surface area (Å²) in [6.07, 6.45) is 0. The Bertz CT molecular complexity index is 880. The number of anilines is 2. The highest BCUT2D eigenvalue weighted by Gasteiger charge is 2.19. The molecule has 0 spiro atoms. The zero-order valence-corrected chi connectivity index (χ0v) is 14.6. The number of carbonyl (C=O) groups is 3. The molecule has 0 unspecified atom stereocenters. The number of hydrogen-bond donors (Lipinski definition) is 2. The second-order valence-corrected chi connectivity index (χ2v) is 5.99. The van der Waals surface area contributed by atoms with Crippen LogP contribution in [-0.2, 0) is 9.59 Å². The zero-order chi connectivity index (χ0) is 18.7. The second-order valence-electron chi connectivity index (χ2n) is 5.58. The van der Waals surface area contributed by atoms with E-state index in [1.807, 2.05) is 0 Å². The lowest BCUT2D eigenvalue weighted by Crippen LogP contribution is -2.26. The van der Waals surface area contributed by atoms with Gasteiger partial charge in [-0.2, -0.15) is 0 Å². The van der Waals surface area contributed by atoms with Crippen LogP contribution in [0.3, 0.4) is 0 Å². The van der Waals surface area contributed by atoms with Crippen molar-refractivity contribution in [2.24, 2.45) is 0 Å². The number of halogens is 1. The number of rotatable bonds is 5. The van der Waals surface area contributed by atoms with Gasteiger partial charge < -0.3 is 20.1 Å². The third-order valence-corrected chi connectivity index (χ3v) is 3.92. The lowest BCUT2D eigenvalue weighted by Gasteiger charge is -2.19. The molecule has 1 aliphatic rings. The van der Waals surface area contributed by atoms with Crippen molar-refractivity contribution < 1.29 is 23.9 Å². The first-order chi connectivity index (χ1) is 12.4. The molecule has 26 heavy (non-hydrogen) atoms. The first-order valence-electron chi connectivity index (χ1n) is 7.72. The fourth-order valence-electron chi connectivity index (χ4n) is 2.32. The van der Waals surface area contributed by atoms with Gasteiger partial charge in [-0.25, -0.2) is 0 Å². The fraction of sp³-hybridized carbons (Fsp3) is 0.167. The Morgan fingerprint density at radius 3 is 2.69 bits per heavy atom. The van der Waals surface area contributed by atoms with Gasteiger partial charge in [-0.1, -0.05) is 11.6 Å². The maximum absolute atomic E-state index is 12.1. The number of Topliss-reactive ketones (excluding diaryl/α,β-unsaturated/α-hetero) is 1. The molecule has 1 heterocycles. The van der Waals surface area contributed by atoms with Crippen LogP contribution in [0, 0.1) is 0 Å². The molecule has 0 aromatic heterocycles. The molecule has 0 atom stereocenters. The van der Waals surface area contributed by atoms with Gasteiger partial charge in [-0.3, -0.25) is 14.4 Å². The first-order valence-corrected chi connectivity index (χ1v) is 8.10. The molecule has 2 aromatic rings. The summed E-state index contributed by atoms with van der Waals surface area (Å²) in [4.78, 5) is 34.6. The first kappa shape index (κ1) is 17.8. The standard InChI is InChI=1S/C18H15ClN2O5/c1-10(22)11-2-4-12(5-3-11)25-8-17(23)20-14-7-16-15(6-13(14)19)21-18(24)9-26-16/h2-7H,8-9H2,1H3,(H,20,23)(H,21,24). The van der Waals surface area contributed by atoms with E-state index < -0.39 is 5.91 Å². The summed E-state index contributed by atoms with van der Waals surface area (Å²) in [5.74, 6) is 0.157. The fourth-order valence-corrected chi connectivity index (χ4v) is 2.53. The highest BCUT2D eigenvalue weighted by molar-refractivity contribution is 6.34. The molecule has 2 amide bonds. The summed E-state index contributed by atoms with van der Waals surface area (Å²) < 4.78 is 10.7. The van der Waals surface area contributed by atoms with Crippen molar-refractivity contribution in [3.8, 4) is 11.5 Å². The molecule has 134 valence electrons. The Kier molecular flexibility index (Phi) is 5.09. The Labute approximate surface area is 154 Å². The lowest BCUT2D eigenvalue weighted by molar-refractivity contribution is -0.119. The molecular weight excluding hydrogens is 360 g/mol. The van der Waals surface area contributed by atoms with Crippen molar-refractivity contribution in [3.63, 3.8) is 0 Å². The van der Waals surface area contributed by atoms with E-state index in [9.17, 15) is 14.4 Å². The molecule has 0 bridgehead atoms. The average Bonchev–Trinajstić information content (AvgIpc) is 2.61. The van der Waals surface area contributed by atoms with Crippen molar-refractivity contribution in [2.75, 3.05) is 23.8 Å². The van der Waals surface area contributed by atoms with Gasteiger partial charge in [0, 0.05) is 11.6 Å².